The minimum Gasteiger partial charge on any atom is -0.355 e. The zero-order valence-electron chi connectivity index (χ0n) is 12.5. The molecule has 0 saturated heterocycles. The maximum absolute atomic E-state index is 11.8. The molecule has 7 nitrogen and oxygen atoms in total. The molecule has 7 heteroatoms. The van der Waals surface area contributed by atoms with Gasteiger partial charge >= 0.3 is 6.03 Å². The molecule has 1 rings (SSSR count). The number of hydrogen-bond donors (Lipinski definition) is 3. The van der Waals surface area contributed by atoms with Gasteiger partial charge in [-0.25, -0.2) is 9.48 Å². The van der Waals surface area contributed by atoms with Crippen LogP contribution in [0.1, 0.15) is 38.9 Å². The fraction of sp³-hybridized carbons (Fsp3) is 0.615. The number of nitrogens with one attached hydrogen (secondary N) is 3. The van der Waals surface area contributed by atoms with Crippen LogP contribution in [0.4, 0.5) is 10.6 Å². The number of carbonyl (C=O) groups excluding carboxylic acids is 2. The molecule has 0 bridgehead atoms. The van der Waals surface area contributed by atoms with Crippen LogP contribution in [0.15, 0.2) is 6.07 Å². The van der Waals surface area contributed by atoms with Gasteiger partial charge in [0.05, 0.1) is 11.7 Å². The monoisotopic (exact) mass is 281 g/mol. The summed E-state index contributed by atoms with van der Waals surface area (Å²) in [6, 6.07) is 1.75. The van der Waals surface area contributed by atoms with Crippen LogP contribution in [-0.4, -0.2) is 34.8 Å². The van der Waals surface area contributed by atoms with Crippen molar-refractivity contribution >= 4 is 17.8 Å². The first-order valence-electron chi connectivity index (χ1n) is 6.79. The van der Waals surface area contributed by atoms with Crippen molar-refractivity contribution in [3.8, 4) is 0 Å². The highest BCUT2D eigenvalue weighted by molar-refractivity contribution is 5.88. The first-order valence-corrected chi connectivity index (χ1v) is 6.79. The molecule has 0 aliphatic heterocycles. The van der Waals surface area contributed by atoms with Gasteiger partial charge in [0.1, 0.15) is 5.82 Å². The molecule has 0 spiro atoms. The first kappa shape index (κ1) is 16.0. The van der Waals surface area contributed by atoms with Gasteiger partial charge in [-0.05, 0) is 20.3 Å². The van der Waals surface area contributed by atoms with Crippen molar-refractivity contribution in [2.24, 2.45) is 0 Å². The molecule has 3 amide bonds. The summed E-state index contributed by atoms with van der Waals surface area (Å²) in [5.41, 5.74) is 0.860. The molecule has 0 aromatic carbocycles. The quantitative estimate of drug-likeness (QED) is 0.689. The Labute approximate surface area is 119 Å². The average Bonchev–Trinajstić information content (AvgIpc) is 2.74. The SMILES string of the molecule is CC[C@H](C)n1nc(C)cc1NC(=O)NCCNC(C)=O. The molecule has 3 N–H and O–H groups in total. The lowest BCUT2D eigenvalue weighted by Gasteiger charge is -2.14. The molecular formula is C13H23N5O2. The molecule has 0 aliphatic rings. The predicted octanol–water partition coefficient (Wildman–Crippen LogP) is 1.42. The number of anilines is 1. The van der Waals surface area contributed by atoms with E-state index in [4.69, 9.17) is 0 Å². The lowest BCUT2D eigenvalue weighted by atomic mass is 10.3. The van der Waals surface area contributed by atoms with Gasteiger partial charge in [0.2, 0.25) is 5.91 Å². The van der Waals surface area contributed by atoms with Gasteiger partial charge in [-0.1, -0.05) is 6.92 Å². The fourth-order valence-electron chi connectivity index (χ4n) is 1.69. The largest absolute Gasteiger partial charge is 0.355 e. The van der Waals surface area contributed by atoms with Crippen molar-refractivity contribution in [2.75, 3.05) is 18.4 Å². The zero-order valence-corrected chi connectivity index (χ0v) is 12.5. The smallest absolute Gasteiger partial charge is 0.320 e. The van der Waals surface area contributed by atoms with Crippen molar-refractivity contribution < 1.29 is 9.59 Å². The van der Waals surface area contributed by atoms with Crippen molar-refractivity contribution in [2.45, 2.75) is 40.2 Å². The van der Waals surface area contributed by atoms with E-state index in [1.807, 2.05) is 24.6 Å². The Kier molecular flexibility index (Phi) is 6.02. The summed E-state index contributed by atoms with van der Waals surface area (Å²) in [6.07, 6.45) is 0.931. The number of rotatable bonds is 6. The van der Waals surface area contributed by atoms with E-state index < -0.39 is 0 Å². The Morgan fingerprint density at radius 2 is 2.00 bits per heavy atom. The van der Waals surface area contributed by atoms with Crippen LogP contribution in [0.2, 0.25) is 0 Å². The third-order valence-corrected chi connectivity index (χ3v) is 2.89. The first-order chi connectivity index (χ1) is 9.43. The van der Waals surface area contributed by atoms with Gasteiger partial charge in [-0.3, -0.25) is 10.1 Å². The van der Waals surface area contributed by atoms with E-state index in [0.717, 1.165) is 12.1 Å². The molecule has 0 aliphatic carbocycles. The highest BCUT2D eigenvalue weighted by Gasteiger charge is 2.12. The van der Waals surface area contributed by atoms with Crippen molar-refractivity contribution in [1.29, 1.82) is 0 Å². The zero-order chi connectivity index (χ0) is 15.1. The molecule has 0 fully saturated rings. The molecule has 1 aromatic heterocycles. The third-order valence-electron chi connectivity index (χ3n) is 2.89. The highest BCUT2D eigenvalue weighted by atomic mass is 16.2. The van der Waals surface area contributed by atoms with Crippen molar-refractivity contribution in [3.05, 3.63) is 11.8 Å². The van der Waals surface area contributed by atoms with Gasteiger partial charge in [0.15, 0.2) is 0 Å². The standard InChI is InChI=1S/C13H23N5O2/c1-5-10(3)18-12(8-9(2)17-18)16-13(20)15-7-6-14-11(4)19/h8,10H,5-7H2,1-4H3,(H,14,19)(H2,15,16,20)/t10-/m0/s1. The summed E-state index contributed by atoms with van der Waals surface area (Å²) in [6.45, 7) is 8.23. The van der Waals surface area contributed by atoms with Crippen LogP contribution in [0.25, 0.3) is 0 Å². The molecule has 0 radical (unpaired) electrons. The van der Waals surface area contributed by atoms with Crippen molar-refractivity contribution in [1.82, 2.24) is 20.4 Å². The number of amides is 3. The summed E-state index contributed by atoms with van der Waals surface area (Å²) in [5, 5.41) is 12.4. The average molecular weight is 281 g/mol. The summed E-state index contributed by atoms with van der Waals surface area (Å²) in [4.78, 5) is 22.4. The number of urea groups is 1. The summed E-state index contributed by atoms with van der Waals surface area (Å²) >= 11 is 0. The van der Waals surface area contributed by atoms with Crippen LogP contribution in [0.5, 0.6) is 0 Å². The number of aromatic nitrogens is 2. The Morgan fingerprint density at radius 3 is 2.60 bits per heavy atom. The summed E-state index contributed by atoms with van der Waals surface area (Å²) < 4.78 is 1.81. The predicted molar refractivity (Wildman–Crippen MR) is 77.7 cm³/mol. The summed E-state index contributed by atoms with van der Waals surface area (Å²) in [7, 11) is 0. The number of aryl methyl sites for hydroxylation is 1. The number of carbonyl (C=O) groups is 2. The van der Waals surface area contributed by atoms with Gasteiger partial charge < -0.3 is 10.6 Å². The molecule has 20 heavy (non-hydrogen) atoms. The normalized spacial score (nSPS) is 11.8. The van der Waals surface area contributed by atoms with Crippen LogP contribution < -0.4 is 16.0 Å². The van der Waals surface area contributed by atoms with E-state index in [-0.39, 0.29) is 18.0 Å². The van der Waals surface area contributed by atoms with Gasteiger partial charge in [-0.15, -0.1) is 0 Å². The number of hydrogen-bond acceptors (Lipinski definition) is 3. The molecule has 1 atom stereocenters. The second kappa shape index (κ2) is 7.52. The molecule has 1 heterocycles. The van der Waals surface area contributed by atoms with Crippen LogP contribution in [-0.2, 0) is 4.79 Å². The van der Waals surface area contributed by atoms with Gasteiger partial charge in [0.25, 0.3) is 0 Å². The van der Waals surface area contributed by atoms with Crippen molar-refractivity contribution in [3.63, 3.8) is 0 Å². The second-order valence-electron chi connectivity index (χ2n) is 4.74. The van der Waals surface area contributed by atoms with E-state index in [9.17, 15) is 9.59 Å². The van der Waals surface area contributed by atoms with E-state index in [2.05, 4.69) is 28.0 Å². The van der Waals surface area contributed by atoms with Crippen LogP contribution in [0.3, 0.4) is 0 Å². The highest BCUT2D eigenvalue weighted by Crippen LogP contribution is 2.18. The molecule has 0 saturated carbocycles. The minimum absolute atomic E-state index is 0.113. The summed E-state index contributed by atoms with van der Waals surface area (Å²) in [5.74, 6) is 0.562. The Morgan fingerprint density at radius 1 is 1.35 bits per heavy atom. The van der Waals surface area contributed by atoms with Crippen LogP contribution in [0, 0.1) is 6.92 Å². The molecular weight excluding hydrogens is 258 g/mol. The molecule has 1 aromatic rings. The Hall–Kier alpha value is -2.05. The molecule has 112 valence electrons. The van der Waals surface area contributed by atoms with E-state index in [0.29, 0.717) is 18.9 Å². The second-order valence-corrected chi connectivity index (χ2v) is 4.74. The lowest BCUT2D eigenvalue weighted by molar-refractivity contribution is -0.118. The van der Waals surface area contributed by atoms with E-state index >= 15 is 0 Å². The van der Waals surface area contributed by atoms with E-state index in [1.165, 1.54) is 6.92 Å². The minimum atomic E-state index is -0.306. The molecule has 0 unspecified atom stereocenters. The maximum atomic E-state index is 11.8. The van der Waals surface area contributed by atoms with Gasteiger partial charge in [0, 0.05) is 26.1 Å². The van der Waals surface area contributed by atoms with Gasteiger partial charge in [-0.2, -0.15) is 5.10 Å². The third kappa shape index (κ3) is 4.91. The van der Waals surface area contributed by atoms with Crippen LogP contribution >= 0.6 is 0 Å². The van der Waals surface area contributed by atoms with E-state index in [1.54, 1.807) is 0 Å². The Balaban J connectivity index is 2.51. The lowest BCUT2D eigenvalue weighted by Crippen LogP contribution is -2.36. The topological polar surface area (TPSA) is 88.1 Å². The number of nitrogens with zero attached hydrogens (tertiary/aromatic N) is 2. The fourth-order valence-corrected chi connectivity index (χ4v) is 1.69. The maximum Gasteiger partial charge on any atom is 0.320 e. The Bertz CT molecular complexity index is 469.